The summed E-state index contributed by atoms with van der Waals surface area (Å²) in [5, 5.41) is 5.24. The monoisotopic (exact) mass is 236 g/mol. The lowest BCUT2D eigenvalue weighted by Crippen LogP contribution is -2.09. The molecule has 0 saturated heterocycles. The number of nitrogens with zero attached hydrogens (tertiary/aromatic N) is 4. The van der Waals surface area contributed by atoms with E-state index in [-0.39, 0.29) is 0 Å². The summed E-state index contributed by atoms with van der Waals surface area (Å²) in [5.41, 5.74) is 0.959. The zero-order chi connectivity index (χ0) is 11.7. The Morgan fingerprint density at radius 1 is 1.19 bits per heavy atom. The summed E-state index contributed by atoms with van der Waals surface area (Å²) in [4.78, 5) is 8.68. The Balaban J connectivity index is 2.53. The van der Waals surface area contributed by atoms with Crippen LogP contribution < -0.4 is 0 Å². The van der Waals surface area contributed by atoms with Crippen molar-refractivity contribution in [3.8, 4) is 0 Å². The van der Waals surface area contributed by atoms with Gasteiger partial charge in [0, 0.05) is 5.92 Å². The standard InChI is InChI=1S/C11H16N4S/c1-7(2)8(3)10-12-5-9-6-13-11(16-4)14-15(9)10/h5-8H,1-4H3. The van der Waals surface area contributed by atoms with Crippen LogP contribution >= 0.6 is 11.8 Å². The summed E-state index contributed by atoms with van der Waals surface area (Å²) in [6, 6.07) is 0. The van der Waals surface area contributed by atoms with Gasteiger partial charge in [-0.2, -0.15) is 0 Å². The highest BCUT2D eigenvalue weighted by Crippen LogP contribution is 2.23. The number of imidazole rings is 1. The van der Waals surface area contributed by atoms with Gasteiger partial charge in [-0.3, -0.25) is 0 Å². The van der Waals surface area contributed by atoms with Gasteiger partial charge >= 0.3 is 0 Å². The van der Waals surface area contributed by atoms with Crippen LogP contribution in [-0.4, -0.2) is 25.8 Å². The van der Waals surface area contributed by atoms with E-state index in [1.165, 1.54) is 0 Å². The molecule has 0 aliphatic rings. The molecule has 5 heteroatoms. The molecule has 0 aliphatic heterocycles. The number of rotatable bonds is 3. The first-order chi connectivity index (χ1) is 7.63. The number of fused-ring (bicyclic) bond motifs is 1. The fourth-order valence-electron chi connectivity index (χ4n) is 1.51. The van der Waals surface area contributed by atoms with Gasteiger partial charge in [0.25, 0.3) is 0 Å². The minimum absolute atomic E-state index is 0.395. The Bertz CT molecular complexity index is 492. The first kappa shape index (κ1) is 11.4. The fraction of sp³-hybridized carbons (Fsp3) is 0.545. The van der Waals surface area contributed by atoms with Gasteiger partial charge in [-0.1, -0.05) is 32.5 Å². The average molecular weight is 236 g/mol. The molecule has 4 nitrogen and oxygen atoms in total. The maximum Gasteiger partial charge on any atom is 0.207 e. The summed E-state index contributed by atoms with van der Waals surface area (Å²) >= 11 is 1.55. The predicted octanol–water partition coefficient (Wildman–Crippen LogP) is 2.61. The van der Waals surface area contributed by atoms with Gasteiger partial charge in [-0.05, 0) is 12.2 Å². The zero-order valence-electron chi connectivity index (χ0n) is 10.0. The van der Waals surface area contributed by atoms with Crippen LogP contribution in [0.3, 0.4) is 0 Å². The van der Waals surface area contributed by atoms with E-state index < -0.39 is 0 Å². The first-order valence-electron chi connectivity index (χ1n) is 5.38. The molecule has 86 valence electrons. The Hall–Kier alpha value is -1.10. The lowest BCUT2D eigenvalue weighted by molar-refractivity contribution is 0.498. The molecule has 0 aliphatic carbocycles. The van der Waals surface area contributed by atoms with E-state index in [2.05, 4.69) is 35.8 Å². The molecule has 2 aromatic heterocycles. The molecule has 1 atom stereocenters. The van der Waals surface area contributed by atoms with Crippen LogP contribution in [-0.2, 0) is 0 Å². The number of aromatic nitrogens is 4. The van der Waals surface area contributed by atoms with Gasteiger partial charge in [-0.25, -0.2) is 14.5 Å². The van der Waals surface area contributed by atoms with Gasteiger partial charge in [0.1, 0.15) is 11.3 Å². The molecule has 2 aromatic rings. The Morgan fingerprint density at radius 3 is 2.50 bits per heavy atom. The highest BCUT2D eigenvalue weighted by molar-refractivity contribution is 7.98. The summed E-state index contributed by atoms with van der Waals surface area (Å²) in [7, 11) is 0. The highest BCUT2D eigenvalue weighted by Gasteiger charge is 2.16. The van der Waals surface area contributed by atoms with E-state index in [1.54, 1.807) is 11.8 Å². The lowest BCUT2D eigenvalue weighted by atomic mass is 9.98. The molecule has 1 unspecified atom stereocenters. The molecule has 0 aromatic carbocycles. The van der Waals surface area contributed by atoms with Gasteiger partial charge in [0.05, 0.1) is 12.4 Å². The van der Waals surface area contributed by atoms with Crippen LogP contribution in [0.25, 0.3) is 5.52 Å². The molecule has 2 rings (SSSR count). The number of hydrogen-bond donors (Lipinski definition) is 0. The first-order valence-corrected chi connectivity index (χ1v) is 6.60. The second-order valence-corrected chi connectivity index (χ2v) is 5.00. The second-order valence-electron chi connectivity index (χ2n) is 4.23. The maximum absolute atomic E-state index is 4.46. The fourth-order valence-corrected chi connectivity index (χ4v) is 1.83. The van der Waals surface area contributed by atoms with Gasteiger partial charge in [0.2, 0.25) is 5.16 Å². The zero-order valence-corrected chi connectivity index (χ0v) is 10.8. The Morgan fingerprint density at radius 2 is 1.88 bits per heavy atom. The van der Waals surface area contributed by atoms with Crippen LogP contribution in [0.5, 0.6) is 0 Å². The molecule has 16 heavy (non-hydrogen) atoms. The second kappa shape index (κ2) is 4.41. The van der Waals surface area contributed by atoms with Crippen molar-refractivity contribution in [3.05, 3.63) is 18.2 Å². The normalized spacial score (nSPS) is 13.6. The summed E-state index contributed by atoms with van der Waals surface area (Å²) in [5.74, 6) is 1.97. The Kier molecular flexibility index (Phi) is 3.14. The van der Waals surface area contributed by atoms with Crippen molar-refractivity contribution in [2.24, 2.45) is 5.92 Å². The molecule has 0 bridgehead atoms. The molecule has 0 spiro atoms. The molecular formula is C11H16N4S. The van der Waals surface area contributed by atoms with Crippen molar-refractivity contribution in [2.45, 2.75) is 31.8 Å². The third-order valence-corrected chi connectivity index (χ3v) is 3.43. The predicted molar refractivity (Wildman–Crippen MR) is 65.8 cm³/mol. The van der Waals surface area contributed by atoms with Crippen molar-refractivity contribution < 1.29 is 0 Å². The third-order valence-electron chi connectivity index (χ3n) is 2.87. The van der Waals surface area contributed by atoms with Crippen molar-refractivity contribution in [1.29, 1.82) is 0 Å². The molecule has 2 heterocycles. The lowest BCUT2D eigenvalue weighted by Gasteiger charge is -2.13. The number of hydrogen-bond acceptors (Lipinski definition) is 4. The van der Waals surface area contributed by atoms with E-state index in [0.717, 1.165) is 16.5 Å². The van der Waals surface area contributed by atoms with Crippen LogP contribution in [0.2, 0.25) is 0 Å². The van der Waals surface area contributed by atoms with E-state index in [0.29, 0.717) is 11.8 Å². The molecule has 0 N–H and O–H groups in total. The van der Waals surface area contributed by atoms with Crippen molar-refractivity contribution in [2.75, 3.05) is 6.26 Å². The van der Waals surface area contributed by atoms with Crippen LogP contribution in [0.15, 0.2) is 17.6 Å². The molecular weight excluding hydrogens is 220 g/mol. The summed E-state index contributed by atoms with van der Waals surface area (Å²) < 4.78 is 1.91. The van der Waals surface area contributed by atoms with E-state index in [1.807, 2.05) is 23.2 Å². The summed E-state index contributed by atoms with van der Waals surface area (Å²) in [6.45, 7) is 6.57. The van der Waals surface area contributed by atoms with Crippen molar-refractivity contribution in [1.82, 2.24) is 19.6 Å². The SMILES string of the molecule is CSc1ncc2cnc(C(C)C(C)C)n2n1. The minimum Gasteiger partial charge on any atom is -0.239 e. The largest absolute Gasteiger partial charge is 0.239 e. The smallest absolute Gasteiger partial charge is 0.207 e. The maximum atomic E-state index is 4.46. The highest BCUT2D eigenvalue weighted by atomic mass is 32.2. The molecule has 0 saturated carbocycles. The van der Waals surface area contributed by atoms with Crippen LogP contribution in [0, 0.1) is 5.92 Å². The van der Waals surface area contributed by atoms with E-state index >= 15 is 0 Å². The molecule has 0 amide bonds. The van der Waals surface area contributed by atoms with Gasteiger partial charge in [-0.15, -0.1) is 5.10 Å². The minimum atomic E-state index is 0.395. The van der Waals surface area contributed by atoms with E-state index in [9.17, 15) is 0 Å². The topological polar surface area (TPSA) is 43.1 Å². The van der Waals surface area contributed by atoms with Crippen molar-refractivity contribution >= 4 is 17.3 Å². The van der Waals surface area contributed by atoms with Gasteiger partial charge < -0.3 is 0 Å². The number of thioether (sulfide) groups is 1. The third kappa shape index (κ3) is 1.91. The van der Waals surface area contributed by atoms with Crippen molar-refractivity contribution in [3.63, 3.8) is 0 Å². The summed E-state index contributed by atoms with van der Waals surface area (Å²) in [6.07, 6.45) is 5.63. The van der Waals surface area contributed by atoms with Crippen LogP contribution in [0.1, 0.15) is 32.5 Å². The average Bonchev–Trinajstić information content (AvgIpc) is 2.70. The van der Waals surface area contributed by atoms with Gasteiger partial charge in [0.15, 0.2) is 0 Å². The Labute approximate surface area is 99.5 Å². The molecule has 0 radical (unpaired) electrons. The van der Waals surface area contributed by atoms with E-state index in [4.69, 9.17) is 0 Å². The van der Waals surface area contributed by atoms with Crippen LogP contribution in [0.4, 0.5) is 0 Å². The molecule has 0 fully saturated rings. The quantitative estimate of drug-likeness (QED) is 0.768.